The molecule has 0 saturated heterocycles. The predicted molar refractivity (Wildman–Crippen MR) is 191 cm³/mol. The van der Waals surface area contributed by atoms with Crippen LogP contribution in [0.15, 0.2) is 96.7 Å². The van der Waals surface area contributed by atoms with E-state index in [1.807, 2.05) is 0 Å². The fourth-order valence-electron chi connectivity index (χ4n) is 4.49. The molecule has 0 saturated carbocycles. The van der Waals surface area contributed by atoms with Crippen LogP contribution in [0.4, 0.5) is 34.6 Å². The molecule has 1 aliphatic heterocycles. The van der Waals surface area contributed by atoms with Gasteiger partial charge in [0, 0.05) is 11.4 Å². The number of nitrogens with zero attached hydrogens (tertiary/aromatic N) is 7. The normalized spacial score (nSPS) is 15.2. The van der Waals surface area contributed by atoms with Crippen LogP contribution in [0.2, 0.25) is 5.28 Å². The number of hydrazone groups is 1. The van der Waals surface area contributed by atoms with E-state index >= 15 is 0 Å². The molecule has 1 amide bonds. The number of aliphatic carboxylic acids is 1. The lowest BCUT2D eigenvalue weighted by Gasteiger charge is -2.12. The van der Waals surface area contributed by atoms with E-state index in [9.17, 15) is 57.5 Å². The monoisotopic (exact) mass is 875 g/mol. The molecule has 3 aromatic carbocycles. The Balaban J connectivity index is 1.34. The molecule has 5 rings (SSSR count). The molecule has 2 heterocycles. The maximum absolute atomic E-state index is 13.1. The van der Waals surface area contributed by atoms with Crippen LogP contribution in [0.5, 0.6) is 0 Å². The fourth-order valence-corrected chi connectivity index (χ4v) is 7.26. The van der Waals surface area contributed by atoms with E-state index in [0.717, 1.165) is 36.4 Å². The van der Waals surface area contributed by atoms with Gasteiger partial charge in [0.2, 0.25) is 23.2 Å². The van der Waals surface area contributed by atoms with Crippen LogP contribution in [0.3, 0.4) is 0 Å². The van der Waals surface area contributed by atoms with Gasteiger partial charge in [0.15, 0.2) is 15.5 Å². The zero-order chi connectivity index (χ0) is 41.2. The first-order valence-corrected chi connectivity index (χ1v) is 20.9. The lowest BCUT2D eigenvalue weighted by Crippen LogP contribution is -2.33. The number of azo groups is 1. The molecule has 1 aromatic heterocycles. The third kappa shape index (κ3) is 10.4. The number of nitrogens with one attached hydrogen (secondary N) is 2. The number of amides is 1. The third-order valence-electron chi connectivity index (χ3n) is 6.94. The molecule has 0 spiro atoms. The maximum atomic E-state index is 13.1. The molecule has 56 heavy (non-hydrogen) atoms. The summed E-state index contributed by atoms with van der Waals surface area (Å²) in [5.41, 5.74) is -1.35. The standard InChI is InChI=1S/C27H22ClN9O15S4/c28-25-31-26(29-14-1-6-17(7-2-14)53(41,42)12-11-52-56(49,50)51)33-27(32-25)30-15-3-10-19(20(13-15)55(46,47)48)34-35-21-22(24(39)40)36-37(23(21)38)16-4-8-18(9-5-16)54(43,44)45/h1-10,13,21H,11-12H2,(H,39,40)(H,43,44,45)(H,46,47,48)(H,49,50,51)(H2,29,30,31,32,33). The van der Waals surface area contributed by atoms with E-state index in [2.05, 4.69) is 45.1 Å². The first-order chi connectivity index (χ1) is 26.0. The molecule has 0 fully saturated rings. The second-order valence-corrected chi connectivity index (χ2v) is 17.1. The Hall–Kier alpha value is -5.59. The van der Waals surface area contributed by atoms with Gasteiger partial charge < -0.3 is 15.7 Å². The smallest absolute Gasteiger partial charge is 0.397 e. The van der Waals surface area contributed by atoms with Crippen LogP contribution in [0, 0.1) is 0 Å². The minimum atomic E-state index is -5.07. The highest BCUT2D eigenvalue weighted by Gasteiger charge is 2.41. The Morgan fingerprint density at radius 3 is 1.93 bits per heavy atom. The number of aromatic nitrogens is 3. The number of carboxylic acid groups (broad SMARTS) is 1. The number of halogens is 1. The van der Waals surface area contributed by atoms with Crippen LogP contribution in [0.1, 0.15) is 0 Å². The summed E-state index contributed by atoms with van der Waals surface area (Å²) in [6.07, 6.45) is 0. The number of sulfone groups is 1. The molecule has 1 atom stereocenters. The second kappa shape index (κ2) is 15.9. The largest absolute Gasteiger partial charge is 0.477 e. The molecule has 1 aliphatic rings. The van der Waals surface area contributed by atoms with Crippen molar-refractivity contribution in [3.05, 3.63) is 72.0 Å². The number of benzene rings is 3. The summed E-state index contributed by atoms with van der Waals surface area (Å²) in [4.78, 5) is 35.3. The molecule has 0 radical (unpaired) electrons. The van der Waals surface area contributed by atoms with Crippen molar-refractivity contribution in [1.29, 1.82) is 0 Å². The minimum absolute atomic E-state index is 0.0819. The topological polar surface area (TPSA) is 364 Å². The van der Waals surface area contributed by atoms with Gasteiger partial charge in [-0.1, -0.05) is 0 Å². The van der Waals surface area contributed by atoms with Crippen molar-refractivity contribution >= 4 is 104 Å². The van der Waals surface area contributed by atoms with Gasteiger partial charge in [-0.25, -0.2) is 17.4 Å². The van der Waals surface area contributed by atoms with Crippen molar-refractivity contribution in [2.24, 2.45) is 15.3 Å². The number of anilines is 5. The SMILES string of the molecule is O=C(O)C1=NN(c2ccc(S(=O)(=O)O)cc2)C(=O)C1N=Nc1ccc(Nc2nc(Cl)nc(Nc3ccc(S(=O)(=O)CCOS(=O)(=O)O)cc3)n2)cc1S(=O)(=O)O. The van der Waals surface area contributed by atoms with E-state index in [1.54, 1.807) is 0 Å². The number of carbonyl (C=O) groups is 2. The van der Waals surface area contributed by atoms with Crippen LogP contribution in [-0.2, 0) is 54.2 Å². The van der Waals surface area contributed by atoms with E-state index in [4.69, 9.17) is 16.2 Å². The molecule has 29 heteroatoms. The summed E-state index contributed by atoms with van der Waals surface area (Å²) >= 11 is 6.03. The van der Waals surface area contributed by atoms with E-state index in [1.165, 1.54) is 30.3 Å². The summed E-state index contributed by atoms with van der Waals surface area (Å²) in [6, 6.07) is 10.1. The van der Waals surface area contributed by atoms with Crippen molar-refractivity contribution < 1.29 is 66.2 Å². The lowest BCUT2D eigenvalue weighted by atomic mass is 10.2. The Bertz CT molecular complexity index is 2740. The molecular weight excluding hydrogens is 854 g/mol. The van der Waals surface area contributed by atoms with E-state index in [-0.39, 0.29) is 39.1 Å². The number of carbonyl (C=O) groups excluding carboxylic acids is 1. The van der Waals surface area contributed by atoms with E-state index in [0.29, 0.717) is 5.01 Å². The van der Waals surface area contributed by atoms with Crippen molar-refractivity contribution in [3.63, 3.8) is 0 Å². The quantitative estimate of drug-likeness (QED) is 0.0735. The maximum Gasteiger partial charge on any atom is 0.397 e. The van der Waals surface area contributed by atoms with Crippen LogP contribution in [-0.4, -0.2) is 103 Å². The summed E-state index contributed by atoms with van der Waals surface area (Å²) in [7, 11) is -18.5. The van der Waals surface area contributed by atoms with Gasteiger partial charge in [0.1, 0.15) is 10.6 Å². The average molecular weight is 876 g/mol. The van der Waals surface area contributed by atoms with Gasteiger partial charge in [-0.3, -0.25) is 18.5 Å². The van der Waals surface area contributed by atoms with Gasteiger partial charge in [-0.2, -0.15) is 60.5 Å². The fraction of sp³-hybridized carbons (Fsp3) is 0.111. The first-order valence-electron chi connectivity index (χ1n) is 14.7. The molecule has 4 aromatic rings. The summed E-state index contributed by atoms with van der Waals surface area (Å²) in [5.74, 6) is -4.01. The number of hydrogen-bond donors (Lipinski definition) is 6. The zero-order valence-corrected chi connectivity index (χ0v) is 31.3. The van der Waals surface area contributed by atoms with Crippen LogP contribution < -0.4 is 15.6 Å². The highest BCUT2D eigenvalue weighted by atomic mass is 35.5. The first kappa shape index (κ1) is 41.6. The molecule has 296 valence electrons. The van der Waals surface area contributed by atoms with Crippen molar-refractivity contribution in [2.45, 2.75) is 20.7 Å². The van der Waals surface area contributed by atoms with Crippen molar-refractivity contribution in [1.82, 2.24) is 15.0 Å². The Kier molecular flexibility index (Phi) is 11.8. The molecule has 6 N–H and O–H groups in total. The van der Waals surface area contributed by atoms with E-state index < -0.39 is 91.9 Å². The number of carboxylic acids is 1. The van der Waals surface area contributed by atoms with Crippen LogP contribution in [0.25, 0.3) is 0 Å². The van der Waals surface area contributed by atoms with Gasteiger partial charge >= 0.3 is 16.4 Å². The highest BCUT2D eigenvalue weighted by molar-refractivity contribution is 7.91. The lowest BCUT2D eigenvalue weighted by molar-refractivity contribution is -0.130. The number of rotatable bonds is 15. The summed E-state index contributed by atoms with van der Waals surface area (Å²) in [6.45, 7) is -0.828. The molecule has 0 aliphatic carbocycles. The number of hydrogen-bond acceptors (Lipinski definition) is 19. The highest BCUT2D eigenvalue weighted by Crippen LogP contribution is 2.31. The van der Waals surface area contributed by atoms with Crippen molar-refractivity contribution in [3.8, 4) is 0 Å². The van der Waals surface area contributed by atoms with Crippen LogP contribution >= 0.6 is 11.6 Å². The second-order valence-electron chi connectivity index (χ2n) is 10.8. The Morgan fingerprint density at radius 2 is 1.38 bits per heavy atom. The molecule has 0 bridgehead atoms. The molecule has 24 nitrogen and oxygen atoms in total. The molecule has 1 unspecified atom stereocenters. The predicted octanol–water partition coefficient (Wildman–Crippen LogP) is 2.04. The minimum Gasteiger partial charge on any atom is -0.477 e. The van der Waals surface area contributed by atoms with Gasteiger partial charge in [-0.15, -0.1) is 0 Å². The Labute approximate surface area is 320 Å². The Morgan fingerprint density at radius 1 is 0.804 bits per heavy atom. The van der Waals surface area contributed by atoms with Gasteiger partial charge in [0.25, 0.3) is 26.1 Å². The summed E-state index contributed by atoms with van der Waals surface area (Å²) in [5, 5.41) is 26.3. The van der Waals surface area contributed by atoms with Gasteiger partial charge in [0.05, 0.1) is 27.8 Å². The van der Waals surface area contributed by atoms with Crippen molar-refractivity contribution in [2.75, 3.05) is 28.0 Å². The average Bonchev–Trinajstić information content (AvgIpc) is 3.42. The zero-order valence-electron chi connectivity index (χ0n) is 27.3. The third-order valence-corrected chi connectivity index (χ3v) is 11.0. The molecular formula is C27H22ClN9O15S4. The summed E-state index contributed by atoms with van der Waals surface area (Å²) < 4.78 is 125. The van der Waals surface area contributed by atoms with Gasteiger partial charge in [-0.05, 0) is 78.3 Å².